The Balaban J connectivity index is 4.68. The molecule has 0 aliphatic carbocycles. The molecule has 1 atom stereocenters. The number of hydrogen-bond donors (Lipinski definition) is 0. The molecule has 6 nitrogen and oxygen atoms in total. The Morgan fingerprint density at radius 3 is 1.09 bits per heavy atom. The molecule has 0 fully saturated rings. The lowest BCUT2D eigenvalue weighted by atomic mass is 10.1. The molecule has 0 spiro atoms. The average molecular weight is 891 g/mol. The van der Waals surface area contributed by atoms with Crippen LogP contribution in [0.3, 0.4) is 0 Å². The fourth-order valence-corrected chi connectivity index (χ4v) is 5.77. The van der Waals surface area contributed by atoms with Crippen LogP contribution in [0.2, 0.25) is 0 Å². The number of rotatable bonds is 41. The molecule has 1 unspecified atom stereocenters. The van der Waals surface area contributed by atoms with Crippen molar-refractivity contribution in [2.45, 2.75) is 168 Å². The second kappa shape index (κ2) is 51.4. The van der Waals surface area contributed by atoms with Gasteiger partial charge in [0.2, 0.25) is 0 Å². The van der Waals surface area contributed by atoms with Crippen molar-refractivity contribution in [1.29, 1.82) is 0 Å². The Morgan fingerprint density at radius 2 is 0.677 bits per heavy atom. The highest BCUT2D eigenvalue weighted by Gasteiger charge is 2.19. The third kappa shape index (κ3) is 49.6. The number of ether oxygens (including phenoxy) is 3. The zero-order chi connectivity index (χ0) is 47.2. The van der Waals surface area contributed by atoms with Crippen LogP contribution in [-0.2, 0) is 28.6 Å². The molecule has 65 heavy (non-hydrogen) atoms. The molecular formula is C59H86O6. The molecule has 6 heteroatoms. The van der Waals surface area contributed by atoms with E-state index in [0.717, 1.165) is 77.0 Å². The molecule has 0 bridgehead atoms. The summed E-state index contributed by atoms with van der Waals surface area (Å²) in [6, 6.07) is 0. The number of allylic oxidation sites excluding steroid dienone is 28. The monoisotopic (exact) mass is 891 g/mol. The van der Waals surface area contributed by atoms with E-state index < -0.39 is 12.1 Å². The van der Waals surface area contributed by atoms with Gasteiger partial charge in [0.15, 0.2) is 6.10 Å². The highest BCUT2D eigenvalue weighted by Crippen LogP contribution is 2.10. The van der Waals surface area contributed by atoms with E-state index in [0.29, 0.717) is 19.3 Å². The molecule has 0 aromatic rings. The van der Waals surface area contributed by atoms with Gasteiger partial charge in [0, 0.05) is 19.3 Å². The Morgan fingerprint density at radius 1 is 0.338 bits per heavy atom. The summed E-state index contributed by atoms with van der Waals surface area (Å²) < 4.78 is 16.6. The Kier molecular flexibility index (Phi) is 47.3. The van der Waals surface area contributed by atoms with Crippen molar-refractivity contribution >= 4 is 17.9 Å². The van der Waals surface area contributed by atoms with Crippen molar-refractivity contribution in [3.63, 3.8) is 0 Å². The zero-order valence-corrected chi connectivity index (χ0v) is 40.7. The topological polar surface area (TPSA) is 78.9 Å². The Hall–Kier alpha value is -5.23. The number of carbonyl (C=O) groups is 3. The van der Waals surface area contributed by atoms with E-state index >= 15 is 0 Å². The lowest BCUT2D eigenvalue weighted by molar-refractivity contribution is -0.167. The maximum atomic E-state index is 12.8. The first-order chi connectivity index (χ1) is 32.0. The van der Waals surface area contributed by atoms with Crippen molar-refractivity contribution in [3.8, 4) is 0 Å². The van der Waals surface area contributed by atoms with E-state index in [1.54, 1.807) is 0 Å². The van der Waals surface area contributed by atoms with Crippen LogP contribution in [0, 0.1) is 0 Å². The van der Waals surface area contributed by atoms with Crippen LogP contribution in [-0.4, -0.2) is 37.2 Å². The third-order valence-corrected chi connectivity index (χ3v) is 9.44. The van der Waals surface area contributed by atoms with Crippen LogP contribution in [0.25, 0.3) is 0 Å². The lowest BCUT2D eigenvalue weighted by Gasteiger charge is -2.18. The SMILES string of the molecule is CC\C=C/C=C\C=C/C=C\C=C\C=C/CCCCCC(=O)OCC(COC(=O)CCCCC\C=C/C=C\C=C/C=C\CC)OC(=O)CCC/C=C\C/C=C\C/C=C\C/C=C\CCCCC. The molecule has 0 heterocycles. The molecule has 0 saturated carbocycles. The first-order valence-electron chi connectivity index (χ1n) is 24.8. The number of hydrogen-bond acceptors (Lipinski definition) is 6. The van der Waals surface area contributed by atoms with Gasteiger partial charge in [-0.25, -0.2) is 0 Å². The van der Waals surface area contributed by atoms with Crippen LogP contribution in [0.15, 0.2) is 170 Å². The van der Waals surface area contributed by atoms with Crippen LogP contribution < -0.4 is 0 Å². The lowest BCUT2D eigenvalue weighted by Crippen LogP contribution is -2.30. The smallest absolute Gasteiger partial charge is 0.306 e. The second-order valence-electron chi connectivity index (χ2n) is 15.5. The summed E-state index contributed by atoms with van der Waals surface area (Å²) in [5, 5.41) is 0. The molecule has 0 aromatic heterocycles. The summed E-state index contributed by atoms with van der Waals surface area (Å²) in [5.41, 5.74) is 0. The van der Waals surface area contributed by atoms with Crippen molar-refractivity contribution in [3.05, 3.63) is 170 Å². The van der Waals surface area contributed by atoms with Gasteiger partial charge in [0.05, 0.1) is 0 Å². The standard InChI is InChI=1S/C59H86O6/c1-4-7-10-13-16-19-22-25-27-29-31-34-37-40-43-46-49-52-58(61)64-55-56(54-63-57(60)51-48-45-42-39-36-33-24-21-18-15-12-9-6-3)65-59(62)53-50-47-44-41-38-35-32-30-28-26-23-20-17-14-11-8-5-2/h7,9-10,12-13,15-22,24-29,31-37,41,44,56H,4-6,8,11,14,23,30,38-40,42-43,45-55H2,1-3H3/b10-7-,12-9-,16-13-,18-15-,20-17-,22-19-,24-21-,27-25-,28-26-,31-29+,35-32-,36-33-,37-34-,44-41-. The van der Waals surface area contributed by atoms with Gasteiger partial charge in [-0.15, -0.1) is 0 Å². The van der Waals surface area contributed by atoms with E-state index in [2.05, 4.69) is 93.7 Å². The van der Waals surface area contributed by atoms with Crippen molar-refractivity contribution in [2.24, 2.45) is 0 Å². The van der Waals surface area contributed by atoms with E-state index in [9.17, 15) is 14.4 Å². The quantitative estimate of drug-likeness (QED) is 0.0200. The first kappa shape index (κ1) is 59.8. The van der Waals surface area contributed by atoms with E-state index in [4.69, 9.17) is 14.2 Å². The maximum Gasteiger partial charge on any atom is 0.306 e. The maximum absolute atomic E-state index is 12.8. The molecule has 0 radical (unpaired) electrons. The highest BCUT2D eigenvalue weighted by molar-refractivity contribution is 5.71. The molecule has 0 amide bonds. The van der Waals surface area contributed by atoms with Crippen molar-refractivity contribution < 1.29 is 28.6 Å². The van der Waals surface area contributed by atoms with E-state index in [-0.39, 0.29) is 44.4 Å². The van der Waals surface area contributed by atoms with Crippen LogP contribution >= 0.6 is 0 Å². The molecule has 0 aliphatic rings. The van der Waals surface area contributed by atoms with Gasteiger partial charge in [-0.2, -0.15) is 0 Å². The number of unbranched alkanes of at least 4 members (excludes halogenated alkanes) is 10. The summed E-state index contributed by atoms with van der Waals surface area (Å²) in [5.74, 6) is -1.10. The van der Waals surface area contributed by atoms with Gasteiger partial charge in [-0.3, -0.25) is 14.4 Å². The summed E-state index contributed by atoms with van der Waals surface area (Å²) >= 11 is 0. The summed E-state index contributed by atoms with van der Waals surface area (Å²) in [4.78, 5) is 37.9. The molecule has 358 valence electrons. The van der Waals surface area contributed by atoms with E-state index in [1.165, 1.54) is 25.7 Å². The molecule has 0 rings (SSSR count). The van der Waals surface area contributed by atoms with Gasteiger partial charge < -0.3 is 14.2 Å². The second-order valence-corrected chi connectivity index (χ2v) is 15.5. The summed E-state index contributed by atoms with van der Waals surface area (Å²) in [6.45, 7) is 6.16. The van der Waals surface area contributed by atoms with Gasteiger partial charge in [-0.1, -0.05) is 217 Å². The third-order valence-electron chi connectivity index (χ3n) is 9.44. The average Bonchev–Trinajstić information content (AvgIpc) is 3.30. The zero-order valence-electron chi connectivity index (χ0n) is 40.7. The van der Waals surface area contributed by atoms with Crippen LogP contribution in [0.1, 0.15) is 162 Å². The number of esters is 3. The fourth-order valence-electron chi connectivity index (χ4n) is 5.77. The van der Waals surface area contributed by atoms with Gasteiger partial charge in [0.25, 0.3) is 0 Å². The van der Waals surface area contributed by atoms with Gasteiger partial charge in [0.1, 0.15) is 13.2 Å². The minimum atomic E-state index is -0.850. The van der Waals surface area contributed by atoms with Crippen molar-refractivity contribution in [1.82, 2.24) is 0 Å². The minimum Gasteiger partial charge on any atom is -0.462 e. The van der Waals surface area contributed by atoms with Gasteiger partial charge >= 0.3 is 17.9 Å². The van der Waals surface area contributed by atoms with Crippen LogP contribution in [0.5, 0.6) is 0 Å². The van der Waals surface area contributed by atoms with Crippen molar-refractivity contribution in [2.75, 3.05) is 13.2 Å². The van der Waals surface area contributed by atoms with Gasteiger partial charge in [-0.05, 0) is 96.3 Å². The van der Waals surface area contributed by atoms with Crippen LogP contribution in [0.4, 0.5) is 0 Å². The fraction of sp³-hybridized carbons (Fsp3) is 0.475. The highest BCUT2D eigenvalue weighted by atomic mass is 16.6. The number of carbonyl (C=O) groups excluding carboxylic acids is 3. The summed E-state index contributed by atoms with van der Waals surface area (Å²) in [7, 11) is 0. The normalized spacial score (nSPS) is 13.6. The predicted octanol–water partition coefficient (Wildman–Crippen LogP) is 16.4. The molecule has 0 aliphatic heterocycles. The molecule has 0 N–H and O–H groups in total. The molecular weight excluding hydrogens is 805 g/mol. The molecule has 0 saturated heterocycles. The Labute approximate surface area is 396 Å². The first-order valence-corrected chi connectivity index (χ1v) is 24.8. The molecule has 0 aromatic carbocycles. The summed E-state index contributed by atoms with van der Waals surface area (Å²) in [6.07, 6.45) is 76.2. The van der Waals surface area contributed by atoms with E-state index in [1.807, 2.05) is 97.2 Å². The largest absolute Gasteiger partial charge is 0.462 e. The Bertz CT molecular complexity index is 1590. The minimum absolute atomic E-state index is 0.145. The predicted molar refractivity (Wildman–Crippen MR) is 278 cm³/mol.